The van der Waals surface area contributed by atoms with Gasteiger partial charge in [0.1, 0.15) is 11.3 Å². The molecular weight excluding hydrogens is 302 g/mol. The molecule has 0 aliphatic carbocycles. The van der Waals surface area contributed by atoms with Crippen molar-refractivity contribution in [2.75, 3.05) is 11.9 Å². The summed E-state index contributed by atoms with van der Waals surface area (Å²) in [6.07, 6.45) is 5.05. The Labute approximate surface area is 130 Å². The van der Waals surface area contributed by atoms with Gasteiger partial charge in [0.15, 0.2) is 5.13 Å². The third-order valence-electron chi connectivity index (χ3n) is 3.00. The molecule has 0 aliphatic heterocycles. The number of nitrogens with zero attached hydrogens (tertiary/aromatic N) is 3. The maximum absolute atomic E-state index is 12.1. The first-order chi connectivity index (χ1) is 10.6. The van der Waals surface area contributed by atoms with Crippen LogP contribution in [0.1, 0.15) is 16.1 Å². The van der Waals surface area contributed by atoms with Crippen LogP contribution in [0.25, 0.3) is 5.65 Å². The van der Waals surface area contributed by atoms with Crippen LogP contribution in [0.5, 0.6) is 0 Å². The summed E-state index contributed by atoms with van der Waals surface area (Å²) in [5.74, 6) is -0.722. The molecule has 2 amide bonds. The van der Waals surface area contributed by atoms with Crippen molar-refractivity contribution in [1.29, 1.82) is 0 Å². The molecule has 0 aliphatic rings. The number of pyridine rings is 1. The Kier molecular flexibility index (Phi) is 3.84. The van der Waals surface area contributed by atoms with Gasteiger partial charge in [-0.05, 0) is 18.6 Å². The maximum atomic E-state index is 12.1. The van der Waals surface area contributed by atoms with E-state index in [4.69, 9.17) is 0 Å². The highest BCUT2D eigenvalue weighted by Crippen LogP contribution is 2.10. The van der Waals surface area contributed by atoms with Crippen LogP contribution in [0.15, 0.2) is 36.1 Å². The fourth-order valence-electron chi connectivity index (χ4n) is 1.96. The lowest BCUT2D eigenvalue weighted by atomic mass is 10.3. The van der Waals surface area contributed by atoms with Crippen molar-refractivity contribution in [3.05, 3.63) is 47.4 Å². The van der Waals surface area contributed by atoms with E-state index in [-0.39, 0.29) is 18.1 Å². The van der Waals surface area contributed by atoms with E-state index in [1.54, 1.807) is 22.2 Å². The lowest BCUT2D eigenvalue weighted by Crippen LogP contribution is -2.33. The first-order valence-corrected chi connectivity index (χ1v) is 7.43. The van der Waals surface area contributed by atoms with E-state index < -0.39 is 5.91 Å². The van der Waals surface area contributed by atoms with Crippen molar-refractivity contribution in [2.24, 2.45) is 0 Å². The molecule has 22 heavy (non-hydrogen) atoms. The SMILES string of the molecule is Cc1cccn2cc(C(=O)NCC(=O)Nc3nccs3)nc12. The van der Waals surface area contributed by atoms with Gasteiger partial charge in [0.2, 0.25) is 5.91 Å². The molecule has 0 bridgehead atoms. The van der Waals surface area contributed by atoms with E-state index in [1.807, 2.05) is 25.3 Å². The molecule has 0 aromatic carbocycles. The summed E-state index contributed by atoms with van der Waals surface area (Å²) in [5.41, 5.74) is 1.97. The average molecular weight is 315 g/mol. The van der Waals surface area contributed by atoms with Gasteiger partial charge in [-0.15, -0.1) is 11.3 Å². The molecule has 0 fully saturated rings. The maximum Gasteiger partial charge on any atom is 0.271 e. The van der Waals surface area contributed by atoms with Gasteiger partial charge >= 0.3 is 0 Å². The van der Waals surface area contributed by atoms with Crippen molar-refractivity contribution in [3.8, 4) is 0 Å². The number of hydrogen-bond acceptors (Lipinski definition) is 5. The van der Waals surface area contributed by atoms with Crippen LogP contribution < -0.4 is 10.6 Å². The van der Waals surface area contributed by atoms with E-state index in [1.165, 1.54) is 11.3 Å². The van der Waals surface area contributed by atoms with Gasteiger partial charge in [-0.25, -0.2) is 9.97 Å². The Balaban J connectivity index is 1.63. The molecule has 2 N–H and O–H groups in total. The number of nitrogens with one attached hydrogen (secondary N) is 2. The minimum atomic E-state index is -0.391. The summed E-state index contributed by atoms with van der Waals surface area (Å²) in [4.78, 5) is 32.0. The van der Waals surface area contributed by atoms with E-state index in [2.05, 4.69) is 20.6 Å². The minimum Gasteiger partial charge on any atom is -0.342 e. The van der Waals surface area contributed by atoms with Gasteiger partial charge in [0.25, 0.3) is 5.91 Å². The molecule has 0 unspecified atom stereocenters. The fraction of sp³-hybridized carbons (Fsp3) is 0.143. The molecular formula is C14H13N5O2S. The predicted molar refractivity (Wildman–Crippen MR) is 83.0 cm³/mol. The topological polar surface area (TPSA) is 88.4 Å². The number of fused-ring (bicyclic) bond motifs is 1. The van der Waals surface area contributed by atoms with E-state index in [0.29, 0.717) is 5.13 Å². The van der Waals surface area contributed by atoms with Crippen LogP contribution in [0.4, 0.5) is 5.13 Å². The van der Waals surface area contributed by atoms with Crippen molar-refractivity contribution in [3.63, 3.8) is 0 Å². The summed E-state index contributed by atoms with van der Waals surface area (Å²) in [6, 6.07) is 3.80. The van der Waals surface area contributed by atoms with Gasteiger partial charge in [-0.3, -0.25) is 9.59 Å². The summed E-state index contributed by atoms with van der Waals surface area (Å²) in [6.45, 7) is 1.79. The van der Waals surface area contributed by atoms with Gasteiger partial charge in [0, 0.05) is 24.0 Å². The number of hydrogen-bond donors (Lipinski definition) is 2. The molecule has 8 heteroatoms. The van der Waals surface area contributed by atoms with Crippen LogP contribution >= 0.6 is 11.3 Å². The Bertz CT molecular complexity index is 825. The molecule has 3 aromatic heterocycles. The molecule has 3 rings (SSSR count). The van der Waals surface area contributed by atoms with Crippen LogP contribution in [0.3, 0.4) is 0 Å². The second-order valence-electron chi connectivity index (χ2n) is 4.62. The number of aromatic nitrogens is 3. The normalized spacial score (nSPS) is 10.6. The van der Waals surface area contributed by atoms with Crippen molar-refractivity contribution in [2.45, 2.75) is 6.92 Å². The molecule has 7 nitrogen and oxygen atoms in total. The van der Waals surface area contributed by atoms with Gasteiger partial charge in [0.05, 0.1) is 6.54 Å². The first kappa shape index (κ1) is 14.2. The van der Waals surface area contributed by atoms with Gasteiger partial charge < -0.3 is 15.0 Å². The molecule has 3 aromatic rings. The number of carbonyl (C=O) groups excluding carboxylic acids is 2. The molecule has 0 saturated carbocycles. The summed E-state index contributed by atoms with van der Waals surface area (Å²) >= 11 is 1.32. The minimum absolute atomic E-state index is 0.134. The van der Waals surface area contributed by atoms with Crippen LogP contribution in [-0.4, -0.2) is 32.7 Å². The van der Waals surface area contributed by atoms with Gasteiger partial charge in [-0.1, -0.05) is 6.07 Å². The number of rotatable bonds is 4. The highest BCUT2D eigenvalue weighted by atomic mass is 32.1. The summed E-state index contributed by atoms with van der Waals surface area (Å²) < 4.78 is 1.78. The standard InChI is InChI=1S/C14H13N5O2S/c1-9-3-2-5-19-8-10(17-12(9)19)13(21)16-7-11(20)18-14-15-4-6-22-14/h2-6,8H,7H2,1H3,(H,16,21)(H,15,18,20). The fourth-order valence-corrected chi connectivity index (χ4v) is 2.51. The molecule has 3 heterocycles. The lowest BCUT2D eigenvalue weighted by molar-refractivity contribution is -0.115. The van der Waals surface area contributed by atoms with Crippen LogP contribution in [0.2, 0.25) is 0 Å². The molecule has 0 radical (unpaired) electrons. The van der Waals surface area contributed by atoms with E-state index in [9.17, 15) is 9.59 Å². The van der Waals surface area contributed by atoms with Crippen molar-refractivity contribution >= 4 is 33.9 Å². The average Bonchev–Trinajstić information content (AvgIpc) is 3.14. The zero-order valence-electron chi connectivity index (χ0n) is 11.7. The monoisotopic (exact) mass is 315 g/mol. The quantitative estimate of drug-likeness (QED) is 0.763. The lowest BCUT2D eigenvalue weighted by Gasteiger charge is -2.02. The first-order valence-electron chi connectivity index (χ1n) is 6.55. The third-order valence-corrected chi connectivity index (χ3v) is 3.69. The number of imidazole rings is 1. The Morgan fingerprint density at radius 1 is 1.41 bits per heavy atom. The smallest absolute Gasteiger partial charge is 0.271 e. The number of carbonyl (C=O) groups is 2. The zero-order valence-corrected chi connectivity index (χ0v) is 12.6. The number of thiazole rings is 1. The molecule has 112 valence electrons. The van der Waals surface area contributed by atoms with E-state index >= 15 is 0 Å². The second kappa shape index (κ2) is 5.94. The highest BCUT2D eigenvalue weighted by molar-refractivity contribution is 7.13. The molecule has 0 atom stereocenters. The van der Waals surface area contributed by atoms with Crippen molar-refractivity contribution in [1.82, 2.24) is 19.7 Å². The van der Waals surface area contributed by atoms with Crippen LogP contribution in [-0.2, 0) is 4.79 Å². The largest absolute Gasteiger partial charge is 0.342 e. The number of aryl methyl sites for hydroxylation is 1. The summed E-state index contributed by atoms with van der Waals surface area (Å²) in [7, 11) is 0. The number of anilines is 1. The van der Waals surface area contributed by atoms with Crippen molar-refractivity contribution < 1.29 is 9.59 Å². The Morgan fingerprint density at radius 3 is 3.00 bits per heavy atom. The predicted octanol–water partition coefficient (Wildman–Crippen LogP) is 1.47. The zero-order chi connectivity index (χ0) is 15.5. The molecule has 0 spiro atoms. The van der Waals surface area contributed by atoms with Gasteiger partial charge in [-0.2, -0.15) is 0 Å². The van der Waals surface area contributed by atoms with E-state index in [0.717, 1.165) is 11.2 Å². The highest BCUT2D eigenvalue weighted by Gasteiger charge is 2.13. The molecule has 0 saturated heterocycles. The Morgan fingerprint density at radius 2 is 2.27 bits per heavy atom. The second-order valence-corrected chi connectivity index (χ2v) is 5.51. The Hall–Kier alpha value is -2.74. The summed E-state index contributed by atoms with van der Waals surface area (Å²) in [5, 5.41) is 7.39. The van der Waals surface area contributed by atoms with Crippen LogP contribution in [0, 0.1) is 6.92 Å². The number of amides is 2. The third kappa shape index (κ3) is 2.96.